The van der Waals surface area contributed by atoms with Gasteiger partial charge >= 0.3 is 5.97 Å². The molecular formula is C21H21F2N3O2S. The van der Waals surface area contributed by atoms with Crippen LogP contribution in [0.2, 0.25) is 0 Å². The van der Waals surface area contributed by atoms with Crippen molar-refractivity contribution in [2.75, 3.05) is 0 Å². The van der Waals surface area contributed by atoms with E-state index >= 15 is 0 Å². The number of ether oxygens (including phenoxy) is 1. The first-order valence-electron chi connectivity index (χ1n) is 9.09. The molecule has 0 bridgehead atoms. The van der Waals surface area contributed by atoms with Crippen molar-refractivity contribution in [1.29, 1.82) is 0 Å². The molecule has 29 heavy (non-hydrogen) atoms. The van der Waals surface area contributed by atoms with Gasteiger partial charge in [-0.25, -0.2) is 13.8 Å². The third-order valence-electron chi connectivity index (χ3n) is 4.09. The molecule has 0 spiro atoms. The van der Waals surface area contributed by atoms with Crippen molar-refractivity contribution < 1.29 is 18.3 Å². The molecule has 0 aliphatic heterocycles. The molecule has 1 aromatic carbocycles. The summed E-state index contributed by atoms with van der Waals surface area (Å²) in [5.41, 5.74) is 1.70. The van der Waals surface area contributed by atoms with Gasteiger partial charge in [0.15, 0.2) is 0 Å². The van der Waals surface area contributed by atoms with Crippen LogP contribution in [-0.4, -0.2) is 20.5 Å². The van der Waals surface area contributed by atoms with Gasteiger partial charge in [-0.2, -0.15) is 0 Å². The summed E-state index contributed by atoms with van der Waals surface area (Å²) in [6.07, 6.45) is 3.42. The molecule has 0 aliphatic rings. The average Bonchev–Trinajstić information content (AvgIpc) is 2.97. The fraction of sp³-hybridized carbons (Fsp3) is 0.286. The maximum absolute atomic E-state index is 13.7. The highest BCUT2D eigenvalue weighted by Gasteiger charge is 2.22. The second-order valence-electron chi connectivity index (χ2n) is 6.81. The Kier molecular flexibility index (Phi) is 6.64. The Morgan fingerprint density at radius 1 is 1.24 bits per heavy atom. The largest absolute Gasteiger partial charge is 0.458 e. The lowest BCUT2D eigenvalue weighted by Crippen LogP contribution is -2.10. The summed E-state index contributed by atoms with van der Waals surface area (Å²) < 4.78 is 34.5. The molecule has 0 N–H and O–H groups in total. The minimum absolute atomic E-state index is 0.00733. The fourth-order valence-corrected chi connectivity index (χ4v) is 4.03. The number of pyridine rings is 1. The first-order valence-corrected chi connectivity index (χ1v) is 9.90. The Balaban J connectivity index is 2.08. The van der Waals surface area contributed by atoms with Gasteiger partial charge in [-0.05, 0) is 29.7 Å². The highest BCUT2D eigenvalue weighted by atomic mass is 32.2. The molecule has 0 aliphatic carbocycles. The highest BCUT2D eigenvalue weighted by Crippen LogP contribution is 2.36. The van der Waals surface area contributed by atoms with Gasteiger partial charge in [-0.1, -0.05) is 31.7 Å². The zero-order chi connectivity index (χ0) is 21.0. The molecule has 0 radical (unpaired) electrons. The minimum Gasteiger partial charge on any atom is -0.458 e. The molecule has 3 aromatic rings. The Morgan fingerprint density at radius 2 is 1.97 bits per heavy atom. The summed E-state index contributed by atoms with van der Waals surface area (Å²) in [5, 5.41) is 0.746. The first kappa shape index (κ1) is 21.0. The molecule has 0 unspecified atom stereocenters. The molecule has 0 amide bonds. The number of carbonyl (C=O) groups is 1. The minimum atomic E-state index is -0.642. The normalized spacial score (nSPS) is 11.1. The smallest absolute Gasteiger partial charge is 0.303 e. The number of nitrogens with zero attached hydrogens (tertiary/aromatic N) is 3. The van der Waals surface area contributed by atoms with Crippen LogP contribution in [0, 0.1) is 11.6 Å². The summed E-state index contributed by atoms with van der Waals surface area (Å²) in [7, 11) is 0. The number of hydrogen-bond acceptors (Lipinski definition) is 5. The standard InChI is InChI=1S/C21H21F2N3O2S/c1-13(2)20-21(29-18-8-16(22)7-17(23)9-18)26(11-15-5-4-6-24-10-15)19(25-20)12-28-14(3)27/h4-10,13H,11-12H2,1-3H3. The number of carbonyl (C=O) groups excluding carboxylic acids is 1. The zero-order valence-corrected chi connectivity index (χ0v) is 17.2. The van der Waals surface area contributed by atoms with Gasteiger partial charge in [0.2, 0.25) is 0 Å². The van der Waals surface area contributed by atoms with Crippen LogP contribution in [-0.2, 0) is 22.7 Å². The average molecular weight is 417 g/mol. The second kappa shape index (κ2) is 9.17. The van der Waals surface area contributed by atoms with Crippen LogP contribution in [0.25, 0.3) is 0 Å². The van der Waals surface area contributed by atoms with Gasteiger partial charge in [-0.15, -0.1) is 0 Å². The highest BCUT2D eigenvalue weighted by molar-refractivity contribution is 7.99. The van der Waals surface area contributed by atoms with Crippen LogP contribution in [0.4, 0.5) is 8.78 Å². The van der Waals surface area contributed by atoms with E-state index in [0.29, 0.717) is 17.3 Å². The van der Waals surface area contributed by atoms with Crippen LogP contribution in [0.1, 0.15) is 43.8 Å². The Labute approximate surface area is 172 Å². The number of rotatable bonds is 7. The molecule has 2 heterocycles. The van der Waals surface area contributed by atoms with Crippen molar-refractivity contribution in [3.8, 4) is 0 Å². The van der Waals surface area contributed by atoms with Crippen molar-refractivity contribution >= 4 is 17.7 Å². The summed E-state index contributed by atoms with van der Waals surface area (Å²) >= 11 is 1.23. The second-order valence-corrected chi connectivity index (χ2v) is 7.87. The van der Waals surface area contributed by atoms with Crippen molar-refractivity contribution in [3.05, 3.63) is 71.4 Å². The topological polar surface area (TPSA) is 57.0 Å². The number of halogens is 2. The van der Waals surface area contributed by atoms with Gasteiger partial charge in [0.25, 0.3) is 0 Å². The van der Waals surface area contributed by atoms with Crippen LogP contribution < -0.4 is 0 Å². The van der Waals surface area contributed by atoms with Gasteiger partial charge in [-0.3, -0.25) is 9.78 Å². The molecule has 5 nitrogen and oxygen atoms in total. The Hall–Kier alpha value is -2.74. The van der Waals surface area contributed by atoms with E-state index in [4.69, 9.17) is 4.74 Å². The van der Waals surface area contributed by atoms with Gasteiger partial charge in [0.1, 0.15) is 29.1 Å². The van der Waals surface area contributed by atoms with Gasteiger partial charge < -0.3 is 9.30 Å². The van der Waals surface area contributed by atoms with Crippen molar-refractivity contribution in [1.82, 2.24) is 14.5 Å². The van der Waals surface area contributed by atoms with Gasteiger partial charge in [0.05, 0.1) is 12.2 Å². The van der Waals surface area contributed by atoms with Crippen molar-refractivity contribution in [2.45, 2.75) is 49.8 Å². The third-order valence-corrected chi connectivity index (χ3v) is 5.19. The zero-order valence-electron chi connectivity index (χ0n) is 16.4. The molecular weight excluding hydrogens is 396 g/mol. The summed E-state index contributed by atoms with van der Waals surface area (Å²) in [4.78, 5) is 20.6. The quantitative estimate of drug-likeness (QED) is 0.510. The van der Waals surface area contributed by atoms with E-state index < -0.39 is 17.6 Å². The number of imidazole rings is 1. The van der Waals surface area contributed by atoms with E-state index in [-0.39, 0.29) is 12.5 Å². The molecule has 0 saturated heterocycles. The van der Waals surface area contributed by atoms with E-state index in [9.17, 15) is 13.6 Å². The van der Waals surface area contributed by atoms with Crippen molar-refractivity contribution in [3.63, 3.8) is 0 Å². The Bertz CT molecular complexity index is 986. The Morgan fingerprint density at radius 3 is 2.55 bits per heavy atom. The molecule has 152 valence electrons. The van der Waals surface area contributed by atoms with E-state index in [1.165, 1.54) is 30.8 Å². The fourth-order valence-electron chi connectivity index (χ4n) is 2.80. The number of benzene rings is 1. The predicted octanol–water partition coefficient (Wildman–Crippen LogP) is 4.94. The lowest BCUT2D eigenvalue weighted by molar-refractivity contribution is -0.142. The number of aromatic nitrogens is 3. The predicted molar refractivity (Wildman–Crippen MR) is 106 cm³/mol. The molecule has 2 aromatic heterocycles. The van der Waals surface area contributed by atoms with Gasteiger partial charge in [0, 0.05) is 30.3 Å². The van der Waals surface area contributed by atoms with E-state index in [0.717, 1.165) is 22.3 Å². The maximum atomic E-state index is 13.7. The summed E-state index contributed by atoms with van der Waals surface area (Å²) in [5.74, 6) is -1.07. The van der Waals surface area contributed by atoms with E-state index in [1.807, 2.05) is 30.5 Å². The number of esters is 1. The first-order chi connectivity index (χ1) is 13.8. The molecule has 0 atom stereocenters. The van der Waals surface area contributed by atoms with E-state index in [2.05, 4.69) is 9.97 Å². The summed E-state index contributed by atoms with van der Waals surface area (Å²) in [6.45, 7) is 5.76. The van der Waals surface area contributed by atoms with Crippen molar-refractivity contribution in [2.24, 2.45) is 0 Å². The van der Waals surface area contributed by atoms with E-state index in [1.54, 1.807) is 12.4 Å². The summed E-state index contributed by atoms with van der Waals surface area (Å²) in [6, 6.07) is 7.16. The van der Waals surface area contributed by atoms with Crippen LogP contribution >= 0.6 is 11.8 Å². The third kappa shape index (κ3) is 5.41. The number of hydrogen-bond donors (Lipinski definition) is 0. The maximum Gasteiger partial charge on any atom is 0.303 e. The molecule has 8 heteroatoms. The molecule has 0 fully saturated rings. The van der Waals surface area contributed by atoms with Crippen LogP contribution in [0.5, 0.6) is 0 Å². The molecule has 3 rings (SSSR count). The lowest BCUT2D eigenvalue weighted by atomic mass is 10.1. The molecule has 0 saturated carbocycles. The SMILES string of the molecule is CC(=O)OCc1nc(C(C)C)c(Sc2cc(F)cc(F)c2)n1Cc1cccnc1. The lowest BCUT2D eigenvalue weighted by Gasteiger charge is -2.13. The monoisotopic (exact) mass is 417 g/mol. The van der Waals surface area contributed by atoms with Crippen LogP contribution in [0.3, 0.4) is 0 Å². The van der Waals surface area contributed by atoms with Crippen LogP contribution in [0.15, 0.2) is 52.6 Å².